The maximum Gasteiger partial charge on any atom is 0.306 e. The van der Waals surface area contributed by atoms with Gasteiger partial charge in [-0.3, -0.25) is 4.79 Å². The first-order valence-electron chi connectivity index (χ1n) is 4.80. The summed E-state index contributed by atoms with van der Waals surface area (Å²) in [5.74, 6) is -0.281. The molecule has 0 fully saturated rings. The van der Waals surface area contributed by atoms with E-state index in [1.54, 1.807) is 13.0 Å². The third-order valence-electron chi connectivity index (χ3n) is 1.97. The van der Waals surface area contributed by atoms with Gasteiger partial charge >= 0.3 is 5.97 Å². The zero-order valence-electron chi connectivity index (χ0n) is 8.56. The number of aryl methyl sites for hydroxylation is 1. The molecule has 0 saturated heterocycles. The number of esters is 1. The van der Waals surface area contributed by atoms with Crippen LogP contribution < -0.4 is 0 Å². The molecular weight excluding hydrogens is 196 g/mol. The smallest absolute Gasteiger partial charge is 0.306 e. The highest BCUT2D eigenvalue weighted by molar-refractivity contribution is 5.69. The highest BCUT2D eigenvalue weighted by Gasteiger charge is 2.06. The molecule has 0 aliphatic carbocycles. The van der Waals surface area contributed by atoms with Crippen LogP contribution in [-0.4, -0.2) is 22.8 Å². The van der Waals surface area contributed by atoms with Crippen LogP contribution in [0.15, 0.2) is 18.2 Å². The number of phenolic OH excluding ortho intramolecular Hbond substituents is 2. The standard InChI is InChI=1S/C11H14O4/c1-2-15-11(14)6-4-8-3-5-9(12)7-10(8)13/h3,5,7,12-13H,2,4,6H2,1H3. The first-order chi connectivity index (χ1) is 7.13. The first-order valence-corrected chi connectivity index (χ1v) is 4.80. The normalized spacial score (nSPS) is 9.93. The number of benzene rings is 1. The zero-order chi connectivity index (χ0) is 11.3. The van der Waals surface area contributed by atoms with E-state index in [0.717, 1.165) is 0 Å². The maximum absolute atomic E-state index is 11.0. The van der Waals surface area contributed by atoms with Crippen LogP contribution in [0.25, 0.3) is 0 Å². The average molecular weight is 210 g/mol. The molecule has 4 nitrogen and oxygen atoms in total. The highest BCUT2D eigenvalue weighted by Crippen LogP contribution is 2.23. The summed E-state index contributed by atoms with van der Waals surface area (Å²) >= 11 is 0. The predicted molar refractivity (Wildman–Crippen MR) is 54.7 cm³/mol. The molecule has 0 aliphatic rings. The fourth-order valence-electron chi connectivity index (χ4n) is 1.23. The number of hydrogen-bond donors (Lipinski definition) is 2. The summed E-state index contributed by atoms with van der Waals surface area (Å²) in [6, 6.07) is 4.31. The number of phenols is 2. The molecule has 1 rings (SSSR count). The van der Waals surface area contributed by atoms with E-state index in [-0.39, 0.29) is 23.9 Å². The highest BCUT2D eigenvalue weighted by atomic mass is 16.5. The van der Waals surface area contributed by atoms with Crippen molar-refractivity contribution in [2.75, 3.05) is 6.61 Å². The van der Waals surface area contributed by atoms with Gasteiger partial charge in [0, 0.05) is 12.5 Å². The molecule has 82 valence electrons. The molecule has 2 N–H and O–H groups in total. The van der Waals surface area contributed by atoms with Crippen LogP contribution >= 0.6 is 0 Å². The zero-order valence-corrected chi connectivity index (χ0v) is 8.56. The number of carbonyl (C=O) groups is 1. The van der Waals surface area contributed by atoms with Crippen LogP contribution in [0.3, 0.4) is 0 Å². The molecule has 0 aromatic heterocycles. The van der Waals surface area contributed by atoms with Gasteiger partial charge in [-0.25, -0.2) is 0 Å². The minimum atomic E-state index is -0.287. The fourth-order valence-corrected chi connectivity index (χ4v) is 1.23. The average Bonchev–Trinajstić information content (AvgIpc) is 2.17. The second kappa shape index (κ2) is 5.24. The molecule has 0 spiro atoms. The third-order valence-corrected chi connectivity index (χ3v) is 1.97. The van der Waals surface area contributed by atoms with Crippen molar-refractivity contribution in [3.8, 4) is 11.5 Å². The van der Waals surface area contributed by atoms with Gasteiger partial charge in [0.05, 0.1) is 6.61 Å². The first kappa shape index (κ1) is 11.4. The lowest BCUT2D eigenvalue weighted by Crippen LogP contribution is -2.05. The summed E-state index contributed by atoms with van der Waals surface area (Å²) in [7, 11) is 0. The van der Waals surface area contributed by atoms with Gasteiger partial charge in [-0.05, 0) is 25.0 Å². The Morgan fingerprint density at radius 3 is 2.73 bits per heavy atom. The number of hydrogen-bond acceptors (Lipinski definition) is 4. The predicted octanol–water partition coefficient (Wildman–Crippen LogP) is 1.59. The molecule has 0 aliphatic heterocycles. The molecule has 0 radical (unpaired) electrons. The summed E-state index contributed by atoms with van der Waals surface area (Å²) in [4.78, 5) is 11.0. The SMILES string of the molecule is CCOC(=O)CCc1ccc(O)cc1O. The topological polar surface area (TPSA) is 66.8 Å². The minimum Gasteiger partial charge on any atom is -0.508 e. The molecule has 0 atom stereocenters. The van der Waals surface area contributed by atoms with Gasteiger partial charge in [0.1, 0.15) is 11.5 Å². The van der Waals surface area contributed by atoms with Crippen LogP contribution in [0, 0.1) is 0 Å². The van der Waals surface area contributed by atoms with Crippen molar-refractivity contribution in [2.24, 2.45) is 0 Å². The molecule has 0 amide bonds. The quantitative estimate of drug-likeness (QED) is 0.740. The summed E-state index contributed by atoms with van der Waals surface area (Å²) < 4.78 is 4.76. The molecule has 4 heteroatoms. The Kier molecular flexibility index (Phi) is 3.97. The van der Waals surface area contributed by atoms with Crippen molar-refractivity contribution in [3.63, 3.8) is 0 Å². The monoisotopic (exact) mass is 210 g/mol. The van der Waals surface area contributed by atoms with Gasteiger partial charge in [0.15, 0.2) is 0 Å². The Morgan fingerprint density at radius 2 is 2.13 bits per heavy atom. The lowest BCUT2D eigenvalue weighted by atomic mass is 10.1. The van der Waals surface area contributed by atoms with Crippen LogP contribution in [0.4, 0.5) is 0 Å². The van der Waals surface area contributed by atoms with Crippen LogP contribution in [0.5, 0.6) is 11.5 Å². The van der Waals surface area contributed by atoms with Crippen molar-refractivity contribution < 1.29 is 19.7 Å². The largest absolute Gasteiger partial charge is 0.508 e. The Balaban J connectivity index is 2.54. The van der Waals surface area contributed by atoms with E-state index in [9.17, 15) is 9.90 Å². The Bertz CT molecular complexity index is 346. The molecule has 0 heterocycles. The lowest BCUT2D eigenvalue weighted by molar-refractivity contribution is -0.143. The van der Waals surface area contributed by atoms with Gasteiger partial charge in [-0.2, -0.15) is 0 Å². The minimum absolute atomic E-state index is 0.000650. The number of carbonyl (C=O) groups excluding carboxylic acids is 1. The van der Waals surface area contributed by atoms with E-state index in [4.69, 9.17) is 9.84 Å². The van der Waals surface area contributed by atoms with E-state index in [2.05, 4.69) is 0 Å². The summed E-state index contributed by atoms with van der Waals surface area (Å²) in [5, 5.41) is 18.5. The van der Waals surface area contributed by atoms with Crippen molar-refractivity contribution in [1.82, 2.24) is 0 Å². The lowest BCUT2D eigenvalue weighted by Gasteiger charge is -2.04. The van der Waals surface area contributed by atoms with Crippen LogP contribution in [-0.2, 0) is 16.0 Å². The molecule has 1 aromatic rings. The second-order valence-electron chi connectivity index (χ2n) is 3.12. The van der Waals surface area contributed by atoms with Crippen LogP contribution in [0.1, 0.15) is 18.9 Å². The van der Waals surface area contributed by atoms with Crippen LogP contribution in [0.2, 0.25) is 0 Å². The second-order valence-corrected chi connectivity index (χ2v) is 3.12. The molecule has 0 unspecified atom stereocenters. The molecule has 15 heavy (non-hydrogen) atoms. The van der Waals surface area contributed by atoms with E-state index < -0.39 is 0 Å². The van der Waals surface area contributed by atoms with E-state index in [1.165, 1.54) is 12.1 Å². The Hall–Kier alpha value is -1.71. The van der Waals surface area contributed by atoms with Crippen molar-refractivity contribution in [3.05, 3.63) is 23.8 Å². The van der Waals surface area contributed by atoms with E-state index >= 15 is 0 Å². The molecule has 1 aromatic carbocycles. The fraction of sp³-hybridized carbons (Fsp3) is 0.364. The van der Waals surface area contributed by atoms with Crippen molar-refractivity contribution >= 4 is 5.97 Å². The van der Waals surface area contributed by atoms with Crippen molar-refractivity contribution in [1.29, 1.82) is 0 Å². The molecule has 0 bridgehead atoms. The summed E-state index contributed by atoms with van der Waals surface area (Å²) in [5.41, 5.74) is 0.626. The maximum atomic E-state index is 11.0. The summed E-state index contributed by atoms with van der Waals surface area (Å²) in [6.45, 7) is 2.11. The van der Waals surface area contributed by atoms with Crippen molar-refractivity contribution in [2.45, 2.75) is 19.8 Å². The van der Waals surface area contributed by atoms with Gasteiger partial charge < -0.3 is 14.9 Å². The Morgan fingerprint density at radius 1 is 1.40 bits per heavy atom. The van der Waals surface area contributed by atoms with Gasteiger partial charge in [-0.1, -0.05) is 6.07 Å². The van der Waals surface area contributed by atoms with Gasteiger partial charge in [0.25, 0.3) is 0 Å². The number of rotatable bonds is 4. The van der Waals surface area contributed by atoms with E-state index in [0.29, 0.717) is 18.6 Å². The number of aromatic hydroxyl groups is 2. The third kappa shape index (κ3) is 3.50. The van der Waals surface area contributed by atoms with Gasteiger partial charge in [0.2, 0.25) is 0 Å². The molecular formula is C11H14O4. The number of ether oxygens (including phenoxy) is 1. The molecule has 0 saturated carbocycles. The Labute approximate surface area is 88.1 Å². The van der Waals surface area contributed by atoms with E-state index in [1.807, 2.05) is 0 Å². The summed E-state index contributed by atoms with van der Waals surface area (Å²) in [6.07, 6.45) is 0.636. The van der Waals surface area contributed by atoms with Gasteiger partial charge in [-0.15, -0.1) is 0 Å².